The van der Waals surface area contributed by atoms with Crippen molar-refractivity contribution < 1.29 is 0 Å². The highest BCUT2D eigenvalue weighted by atomic mass is 32.1. The predicted molar refractivity (Wildman–Crippen MR) is 69.8 cm³/mol. The Morgan fingerprint density at radius 3 is 2.12 bits per heavy atom. The highest BCUT2D eigenvalue weighted by Gasteiger charge is 2.10. The average molecular weight is 270 g/mol. The Hall–Kier alpha value is -1.28. The molecule has 0 aliphatic carbocycles. The van der Waals surface area contributed by atoms with Gasteiger partial charge < -0.3 is 11.5 Å². The van der Waals surface area contributed by atoms with Gasteiger partial charge in [0.25, 0.3) is 0 Å². The number of rotatable bonds is 5. The van der Waals surface area contributed by atoms with E-state index in [1.807, 2.05) is 0 Å². The van der Waals surface area contributed by atoms with E-state index in [2.05, 4.69) is 27.3 Å². The van der Waals surface area contributed by atoms with Crippen LogP contribution in [0.2, 0.25) is 0 Å². The summed E-state index contributed by atoms with van der Waals surface area (Å²) in [6.07, 6.45) is 2.85. The topological polar surface area (TPSA) is 104 Å². The second-order valence-corrected chi connectivity index (χ2v) is 6.10. The van der Waals surface area contributed by atoms with E-state index in [9.17, 15) is 0 Å². The van der Waals surface area contributed by atoms with Crippen LogP contribution in [0.4, 0.5) is 10.3 Å². The molecule has 0 bridgehead atoms. The summed E-state index contributed by atoms with van der Waals surface area (Å²) < 4.78 is 0. The van der Waals surface area contributed by atoms with E-state index < -0.39 is 0 Å². The smallest absolute Gasteiger partial charge is 0.203 e. The van der Waals surface area contributed by atoms with Crippen LogP contribution >= 0.6 is 22.7 Å². The number of anilines is 2. The van der Waals surface area contributed by atoms with Gasteiger partial charge in [-0.15, -0.1) is 20.4 Å². The second kappa shape index (κ2) is 5.37. The Kier molecular flexibility index (Phi) is 3.85. The molecule has 0 amide bonds. The molecule has 6 nitrogen and oxygen atoms in total. The van der Waals surface area contributed by atoms with Crippen molar-refractivity contribution in [2.24, 2.45) is 5.92 Å². The molecular weight excluding hydrogens is 256 g/mol. The molecule has 0 aliphatic heterocycles. The van der Waals surface area contributed by atoms with Gasteiger partial charge in [0, 0.05) is 12.8 Å². The fourth-order valence-electron chi connectivity index (χ4n) is 1.49. The molecule has 0 fully saturated rings. The quantitative estimate of drug-likeness (QED) is 0.850. The van der Waals surface area contributed by atoms with Crippen LogP contribution in [0, 0.1) is 5.92 Å². The summed E-state index contributed by atoms with van der Waals surface area (Å²) in [4.78, 5) is 0. The van der Waals surface area contributed by atoms with Crippen molar-refractivity contribution in [3.05, 3.63) is 10.0 Å². The van der Waals surface area contributed by atoms with Crippen molar-refractivity contribution in [3.8, 4) is 0 Å². The fourth-order valence-corrected chi connectivity index (χ4v) is 2.88. The number of hydrogen-bond donors (Lipinski definition) is 2. The second-order valence-electron chi connectivity index (χ2n) is 3.92. The van der Waals surface area contributed by atoms with Gasteiger partial charge >= 0.3 is 0 Å². The third-order valence-electron chi connectivity index (χ3n) is 2.34. The molecule has 0 spiro atoms. The van der Waals surface area contributed by atoms with Gasteiger partial charge in [0.2, 0.25) is 10.3 Å². The number of nitrogens with zero attached hydrogens (tertiary/aromatic N) is 4. The monoisotopic (exact) mass is 270 g/mol. The van der Waals surface area contributed by atoms with Gasteiger partial charge in [0.15, 0.2) is 0 Å². The molecule has 0 aliphatic rings. The Bertz CT molecular complexity index is 479. The Balaban J connectivity index is 1.79. The van der Waals surface area contributed by atoms with Crippen LogP contribution in [0.1, 0.15) is 23.4 Å². The summed E-state index contributed by atoms with van der Waals surface area (Å²) in [5, 5.41) is 18.6. The fraction of sp³-hybridized carbons (Fsp3) is 0.556. The third kappa shape index (κ3) is 3.60. The Morgan fingerprint density at radius 2 is 1.59 bits per heavy atom. The molecule has 2 heterocycles. The normalized spacial score (nSPS) is 12.8. The summed E-state index contributed by atoms with van der Waals surface area (Å²) in [5.74, 6) is 0.521. The number of aryl methyl sites for hydroxylation is 1. The predicted octanol–water partition coefficient (Wildman–Crippen LogP) is 1.37. The van der Waals surface area contributed by atoms with Gasteiger partial charge in [-0.05, 0) is 12.3 Å². The van der Waals surface area contributed by atoms with Gasteiger partial charge in [-0.25, -0.2) is 0 Å². The molecule has 0 saturated heterocycles. The van der Waals surface area contributed by atoms with Crippen molar-refractivity contribution in [2.45, 2.75) is 26.2 Å². The first kappa shape index (κ1) is 12.2. The first-order valence-electron chi connectivity index (χ1n) is 5.29. The summed E-state index contributed by atoms with van der Waals surface area (Å²) in [7, 11) is 0. The standard InChI is InChI=1S/C9H14N6S2/c1-5(4-7-13-15-9(11)17-7)2-3-6-12-14-8(10)16-6/h5H,2-4H2,1H3,(H2,10,14)(H2,11,15). The van der Waals surface area contributed by atoms with Gasteiger partial charge in [0.05, 0.1) is 0 Å². The van der Waals surface area contributed by atoms with E-state index in [0.29, 0.717) is 16.2 Å². The van der Waals surface area contributed by atoms with Gasteiger partial charge in [0.1, 0.15) is 10.0 Å². The van der Waals surface area contributed by atoms with Crippen LogP contribution in [0.15, 0.2) is 0 Å². The van der Waals surface area contributed by atoms with Gasteiger partial charge in [-0.3, -0.25) is 0 Å². The van der Waals surface area contributed by atoms with Gasteiger partial charge in [-0.2, -0.15) is 0 Å². The van der Waals surface area contributed by atoms with Crippen LogP contribution in [-0.2, 0) is 12.8 Å². The molecule has 4 N–H and O–H groups in total. The van der Waals surface area contributed by atoms with Crippen LogP contribution in [0.25, 0.3) is 0 Å². The minimum atomic E-state index is 0.521. The highest BCUT2D eigenvalue weighted by Crippen LogP contribution is 2.20. The molecule has 8 heteroatoms. The largest absolute Gasteiger partial charge is 0.374 e. The first-order chi connectivity index (χ1) is 8.13. The molecule has 2 aromatic heterocycles. The maximum Gasteiger partial charge on any atom is 0.203 e. The average Bonchev–Trinajstić information content (AvgIpc) is 2.85. The lowest BCUT2D eigenvalue weighted by Gasteiger charge is -2.06. The van der Waals surface area contributed by atoms with E-state index >= 15 is 0 Å². The lowest BCUT2D eigenvalue weighted by molar-refractivity contribution is 0.525. The Labute approximate surface area is 107 Å². The van der Waals surface area contributed by atoms with Crippen LogP contribution in [-0.4, -0.2) is 20.4 Å². The first-order valence-corrected chi connectivity index (χ1v) is 6.92. The van der Waals surface area contributed by atoms with E-state index in [0.717, 1.165) is 29.3 Å². The Morgan fingerprint density at radius 1 is 1.00 bits per heavy atom. The summed E-state index contributed by atoms with van der Waals surface area (Å²) in [5.41, 5.74) is 11.1. The minimum absolute atomic E-state index is 0.521. The van der Waals surface area contributed by atoms with Crippen molar-refractivity contribution in [1.82, 2.24) is 20.4 Å². The molecule has 0 saturated carbocycles. The minimum Gasteiger partial charge on any atom is -0.374 e. The van der Waals surface area contributed by atoms with Gasteiger partial charge in [-0.1, -0.05) is 29.6 Å². The molecular formula is C9H14N6S2. The molecule has 2 aromatic rings. The van der Waals surface area contributed by atoms with E-state index in [1.165, 1.54) is 22.7 Å². The zero-order valence-corrected chi connectivity index (χ0v) is 11.1. The number of nitrogens with two attached hydrogens (primary N) is 2. The molecule has 1 atom stereocenters. The highest BCUT2D eigenvalue weighted by molar-refractivity contribution is 7.15. The van der Waals surface area contributed by atoms with Crippen LogP contribution in [0.3, 0.4) is 0 Å². The molecule has 2 rings (SSSR count). The maximum absolute atomic E-state index is 5.54. The van der Waals surface area contributed by atoms with Crippen LogP contribution < -0.4 is 11.5 Å². The summed E-state index contributed by atoms with van der Waals surface area (Å²) in [6, 6.07) is 0. The van der Waals surface area contributed by atoms with Crippen molar-refractivity contribution >= 4 is 32.9 Å². The SMILES string of the molecule is CC(CCc1nnc(N)s1)Cc1nnc(N)s1. The summed E-state index contributed by atoms with van der Waals surface area (Å²) in [6.45, 7) is 2.18. The van der Waals surface area contributed by atoms with Crippen molar-refractivity contribution in [2.75, 3.05) is 11.5 Å². The summed E-state index contributed by atoms with van der Waals surface area (Å²) >= 11 is 2.90. The van der Waals surface area contributed by atoms with E-state index in [-0.39, 0.29) is 0 Å². The van der Waals surface area contributed by atoms with Crippen LogP contribution in [0.5, 0.6) is 0 Å². The number of aromatic nitrogens is 4. The zero-order chi connectivity index (χ0) is 12.3. The molecule has 0 radical (unpaired) electrons. The van der Waals surface area contributed by atoms with Crippen molar-refractivity contribution in [3.63, 3.8) is 0 Å². The molecule has 17 heavy (non-hydrogen) atoms. The van der Waals surface area contributed by atoms with Crippen molar-refractivity contribution in [1.29, 1.82) is 0 Å². The third-order valence-corrected chi connectivity index (χ3v) is 3.93. The number of hydrogen-bond acceptors (Lipinski definition) is 8. The zero-order valence-electron chi connectivity index (χ0n) is 9.46. The number of nitrogen functional groups attached to an aromatic ring is 2. The van der Waals surface area contributed by atoms with E-state index in [4.69, 9.17) is 11.5 Å². The molecule has 1 unspecified atom stereocenters. The van der Waals surface area contributed by atoms with E-state index in [1.54, 1.807) is 0 Å². The lowest BCUT2D eigenvalue weighted by atomic mass is 10.0. The lowest BCUT2D eigenvalue weighted by Crippen LogP contribution is -2.01. The molecule has 0 aromatic carbocycles. The maximum atomic E-state index is 5.54. The molecule has 92 valence electrons.